The van der Waals surface area contributed by atoms with E-state index in [0.29, 0.717) is 6.42 Å². The normalized spacial score (nSPS) is 13.4. The van der Waals surface area contributed by atoms with Gasteiger partial charge in [-0.1, -0.05) is 133 Å². The minimum atomic E-state index is -1.13. The topological polar surface area (TPSA) is 102 Å². The lowest BCUT2D eigenvalue weighted by Crippen LogP contribution is -2.55. The van der Waals surface area contributed by atoms with Gasteiger partial charge in [0.15, 0.2) is 6.10 Å². The first-order chi connectivity index (χ1) is 26.1. The van der Waals surface area contributed by atoms with Crippen LogP contribution in [0.15, 0.2) is 48.6 Å². The van der Waals surface area contributed by atoms with E-state index in [0.717, 1.165) is 51.4 Å². The van der Waals surface area contributed by atoms with Gasteiger partial charge in [-0.2, -0.15) is 0 Å². The van der Waals surface area contributed by atoms with Crippen LogP contribution in [0.2, 0.25) is 0 Å². The molecule has 0 aliphatic heterocycles. The number of allylic oxidation sites excluding steroid dienone is 8. The number of ether oxygens (including phenoxy) is 3. The van der Waals surface area contributed by atoms with Crippen molar-refractivity contribution in [1.29, 1.82) is 0 Å². The van der Waals surface area contributed by atoms with Crippen molar-refractivity contribution in [3.63, 3.8) is 0 Å². The molecule has 0 saturated heterocycles. The first-order valence-corrected chi connectivity index (χ1v) is 21.7. The van der Waals surface area contributed by atoms with Crippen molar-refractivity contribution in [2.75, 3.05) is 41.0 Å². The number of aliphatic carboxylic acids is 1. The molecule has 0 amide bonds. The third kappa shape index (κ3) is 35.0. The zero-order valence-corrected chi connectivity index (χ0v) is 35.4. The van der Waals surface area contributed by atoms with Gasteiger partial charge in [-0.25, -0.2) is 0 Å². The molecular formula is C46H81NO7. The number of carbonyl (C=O) groups excluding carboxylic acids is 3. The maximum Gasteiger partial charge on any atom is 0.306 e. The number of carbonyl (C=O) groups is 3. The molecule has 312 valence electrons. The number of quaternary nitrogens is 1. The number of rotatable bonds is 38. The van der Waals surface area contributed by atoms with Gasteiger partial charge in [-0.3, -0.25) is 9.59 Å². The van der Waals surface area contributed by atoms with Gasteiger partial charge in [0.05, 0.1) is 40.3 Å². The molecule has 0 rings (SSSR count). The summed E-state index contributed by atoms with van der Waals surface area (Å²) in [6.45, 7) is 4.57. The molecule has 0 aromatic heterocycles. The predicted octanol–water partition coefficient (Wildman–Crippen LogP) is 10.3. The van der Waals surface area contributed by atoms with Gasteiger partial charge >= 0.3 is 11.9 Å². The molecule has 8 nitrogen and oxygen atoms in total. The van der Waals surface area contributed by atoms with Crippen LogP contribution in [0.25, 0.3) is 0 Å². The van der Waals surface area contributed by atoms with Crippen molar-refractivity contribution in [3.8, 4) is 0 Å². The molecule has 0 aliphatic rings. The van der Waals surface area contributed by atoms with Crippen molar-refractivity contribution in [3.05, 3.63) is 48.6 Å². The Kier molecular flexibility index (Phi) is 35.4. The van der Waals surface area contributed by atoms with Crippen molar-refractivity contribution in [2.24, 2.45) is 0 Å². The molecule has 0 aromatic rings. The molecule has 0 saturated carbocycles. The maximum absolute atomic E-state index is 12.7. The molecule has 0 aromatic carbocycles. The molecule has 0 fully saturated rings. The fourth-order valence-electron chi connectivity index (χ4n) is 6.02. The first-order valence-electron chi connectivity index (χ1n) is 21.7. The second kappa shape index (κ2) is 37.2. The Balaban J connectivity index is 4.46. The Morgan fingerprint density at radius 3 is 1.52 bits per heavy atom. The van der Waals surface area contributed by atoms with Crippen molar-refractivity contribution < 1.29 is 38.2 Å². The predicted molar refractivity (Wildman–Crippen MR) is 222 cm³/mol. The van der Waals surface area contributed by atoms with Gasteiger partial charge in [0.2, 0.25) is 0 Å². The molecule has 0 bridgehead atoms. The molecule has 0 spiro atoms. The average Bonchev–Trinajstić information content (AvgIpc) is 3.12. The van der Waals surface area contributed by atoms with Crippen LogP contribution < -0.4 is 5.11 Å². The number of carboxylic acid groups (broad SMARTS) is 1. The number of esters is 2. The summed E-state index contributed by atoms with van der Waals surface area (Å²) >= 11 is 0. The van der Waals surface area contributed by atoms with Crippen LogP contribution >= 0.6 is 0 Å². The molecule has 2 atom stereocenters. The second-order valence-electron chi connectivity index (χ2n) is 15.6. The Hall–Kier alpha value is -2.71. The van der Waals surface area contributed by atoms with E-state index in [4.69, 9.17) is 14.2 Å². The highest BCUT2D eigenvalue weighted by Gasteiger charge is 2.25. The zero-order valence-electron chi connectivity index (χ0n) is 35.4. The quantitative estimate of drug-likeness (QED) is 0.0267. The molecule has 8 heteroatoms. The number of carboxylic acids is 1. The first kappa shape index (κ1) is 51.3. The fourth-order valence-corrected chi connectivity index (χ4v) is 6.02. The minimum Gasteiger partial charge on any atom is -0.544 e. The summed E-state index contributed by atoms with van der Waals surface area (Å²) in [5.74, 6) is -1.83. The van der Waals surface area contributed by atoms with Crippen LogP contribution in [0.3, 0.4) is 0 Å². The SMILES string of the molecule is CCCCCCCC/C=C/C/C=C/C/C=C/CCCC(=O)OCC(COCCC(C(=O)[O-])[N+](C)(C)C)OC(=O)CCCCC/C=C/CCCCCCCC. The van der Waals surface area contributed by atoms with E-state index in [-0.39, 0.29) is 55.5 Å². The number of hydrogen-bond donors (Lipinski definition) is 0. The Labute approximate surface area is 331 Å². The summed E-state index contributed by atoms with van der Waals surface area (Å²) in [6, 6.07) is -0.735. The summed E-state index contributed by atoms with van der Waals surface area (Å²) in [7, 11) is 5.38. The average molecular weight is 760 g/mol. The zero-order chi connectivity index (χ0) is 40.0. The number of likely N-dealkylation sites (N-methyl/N-ethyl adjacent to an activating group) is 1. The largest absolute Gasteiger partial charge is 0.544 e. The van der Waals surface area contributed by atoms with Crippen LogP contribution in [0.1, 0.15) is 174 Å². The monoisotopic (exact) mass is 760 g/mol. The van der Waals surface area contributed by atoms with Crippen LogP contribution in [-0.2, 0) is 28.6 Å². The second-order valence-corrected chi connectivity index (χ2v) is 15.6. The third-order valence-corrected chi connectivity index (χ3v) is 9.44. The lowest BCUT2D eigenvalue weighted by molar-refractivity contribution is -0.889. The summed E-state index contributed by atoms with van der Waals surface area (Å²) < 4.78 is 17.1. The molecule has 0 heterocycles. The van der Waals surface area contributed by atoms with Gasteiger partial charge in [0, 0.05) is 19.3 Å². The lowest BCUT2D eigenvalue weighted by atomic mass is 10.1. The number of nitrogens with zero attached hydrogens (tertiary/aromatic N) is 1. The molecule has 0 aliphatic carbocycles. The summed E-state index contributed by atoms with van der Waals surface area (Å²) in [6.07, 6.45) is 42.9. The highest BCUT2D eigenvalue weighted by Crippen LogP contribution is 2.12. The van der Waals surface area contributed by atoms with E-state index < -0.39 is 18.1 Å². The van der Waals surface area contributed by atoms with E-state index in [1.165, 1.54) is 83.5 Å². The summed E-state index contributed by atoms with van der Waals surface area (Å²) in [5.41, 5.74) is 0. The molecule has 0 radical (unpaired) electrons. The lowest BCUT2D eigenvalue weighted by Gasteiger charge is -2.34. The Morgan fingerprint density at radius 2 is 1.00 bits per heavy atom. The van der Waals surface area contributed by atoms with Crippen LogP contribution in [0, 0.1) is 0 Å². The van der Waals surface area contributed by atoms with Crippen LogP contribution in [-0.4, -0.2) is 75.5 Å². The van der Waals surface area contributed by atoms with Gasteiger partial charge in [-0.15, -0.1) is 0 Å². The third-order valence-electron chi connectivity index (χ3n) is 9.44. The van der Waals surface area contributed by atoms with E-state index in [1.807, 2.05) is 0 Å². The maximum atomic E-state index is 12.7. The minimum absolute atomic E-state index is 0.0184. The van der Waals surface area contributed by atoms with E-state index >= 15 is 0 Å². The molecule has 2 unspecified atom stereocenters. The van der Waals surface area contributed by atoms with Gasteiger partial charge in [0.1, 0.15) is 12.6 Å². The standard InChI is InChI=1S/C46H81NO7/c1-6-8-10-12-14-16-18-20-21-22-23-25-26-28-30-32-34-36-44(48)53-41-42(40-52-39-38-43(46(50)51)47(3,4)5)54-45(49)37-35-33-31-29-27-24-19-17-15-13-11-9-7-2/h20-21,23-25,27-28,30,42-43H,6-19,22,26,29,31-41H2,1-5H3/b21-20+,25-23+,27-24+,30-28+. The van der Waals surface area contributed by atoms with Crippen molar-refractivity contribution in [2.45, 2.75) is 187 Å². The van der Waals surface area contributed by atoms with Gasteiger partial charge in [-0.05, 0) is 70.6 Å². The number of unbranched alkanes of at least 4 members (excludes halogenated alkanes) is 16. The van der Waals surface area contributed by atoms with Crippen LogP contribution in [0.4, 0.5) is 0 Å². The molecule has 54 heavy (non-hydrogen) atoms. The smallest absolute Gasteiger partial charge is 0.306 e. The molecule has 0 N–H and O–H groups in total. The summed E-state index contributed by atoms with van der Waals surface area (Å²) in [5, 5.41) is 11.6. The molecular weight excluding hydrogens is 679 g/mol. The highest BCUT2D eigenvalue weighted by atomic mass is 16.6. The van der Waals surface area contributed by atoms with Crippen molar-refractivity contribution >= 4 is 17.9 Å². The van der Waals surface area contributed by atoms with E-state index in [1.54, 1.807) is 21.1 Å². The van der Waals surface area contributed by atoms with E-state index in [9.17, 15) is 19.5 Å². The van der Waals surface area contributed by atoms with Gasteiger partial charge < -0.3 is 28.6 Å². The van der Waals surface area contributed by atoms with Crippen molar-refractivity contribution in [1.82, 2.24) is 0 Å². The summed E-state index contributed by atoms with van der Waals surface area (Å²) in [4.78, 5) is 36.8. The van der Waals surface area contributed by atoms with Gasteiger partial charge in [0.25, 0.3) is 0 Å². The van der Waals surface area contributed by atoms with Crippen LogP contribution in [0.5, 0.6) is 0 Å². The highest BCUT2D eigenvalue weighted by molar-refractivity contribution is 5.70. The van der Waals surface area contributed by atoms with E-state index in [2.05, 4.69) is 62.5 Å². The number of hydrogen-bond acceptors (Lipinski definition) is 7. The Morgan fingerprint density at radius 1 is 0.556 bits per heavy atom. The Bertz CT molecular complexity index is 1030. The fraction of sp³-hybridized carbons (Fsp3) is 0.761.